The SMILES string of the molecule is Cc1nn(C)c(NC2CCCC(C(=O)O)C2)c1[N+](=O)[O-]. The summed E-state index contributed by atoms with van der Waals surface area (Å²) in [5, 5.41) is 27.3. The van der Waals surface area contributed by atoms with Crippen LogP contribution < -0.4 is 5.32 Å². The smallest absolute Gasteiger partial charge is 0.333 e. The third kappa shape index (κ3) is 2.73. The lowest BCUT2D eigenvalue weighted by molar-refractivity contribution is -0.384. The zero-order chi connectivity index (χ0) is 14.9. The normalized spacial score (nSPS) is 22.5. The molecule has 0 radical (unpaired) electrons. The highest BCUT2D eigenvalue weighted by atomic mass is 16.6. The summed E-state index contributed by atoms with van der Waals surface area (Å²) in [5.41, 5.74) is 0.315. The van der Waals surface area contributed by atoms with Crippen molar-refractivity contribution < 1.29 is 14.8 Å². The molecule has 1 aromatic rings. The molecule has 20 heavy (non-hydrogen) atoms. The van der Waals surface area contributed by atoms with Gasteiger partial charge < -0.3 is 10.4 Å². The number of aliphatic carboxylic acids is 1. The number of carboxylic acid groups (broad SMARTS) is 1. The number of nitrogens with one attached hydrogen (secondary N) is 1. The van der Waals surface area contributed by atoms with E-state index in [2.05, 4.69) is 10.4 Å². The van der Waals surface area contributed by atoms with Crippen molar-refractivity contribution in [2.75, 3.05) is 5.32 Å². The second-order valence-electron chi connectivity index (χ2n) is 5.21. The van der Waals surface area contributed by atoms with Gasteiger partial charge in [-0.1, -0.05) is 6.42 Å². The first-order valence-corrected chi connectivity index (χ1v) is 6.57. The largest absolute Gasteiger partial charge is 0.481 e. The molecule has 110 valence electrons. The maximum absolute atomic E-state index is 11.1. The van der Waals surface area contributed by atoms with E-state index in [0.29, 0.717) is 24.4 Å². The van der Waals surface area contributed by atoms with Gasteiger partial charge in [0.05, 0.1) is 10.8 Å². The van der Waals surface area contributed by atoms with Crippen molar-refractivity contribution in [2.45, 2.75) is 38.6 Å². The van der Waals surface area contributed by atoms with Crippen molar-refractivity contribution in [3.63, 3.8) is 0 Å². The molecule has 0 spiro atoms. The van der Waals surface area contributed by atoms with Crippen LogP contribution in [-0.2, 0) is 11.8 Å². The van der Waals surface area contributed by atoms with E-state index in [1.54, 1.807) is 14.0 Å². The summed E-state index contributed by atoms with van der Waals surface area (Å²) in [6.45, 7) is 1.59. The minimum Gasteiger partial charge on any atom is -0.481 e. The minimum atomic E-state index is -0.799. The van der Waals surface area contributed by atoms with E-state index in [4.69, 9.17) is 5.11 Å². The third-order valence-corrected chi connectivity index (χ3v) is 3.74. The zero-order valence-electron chi connectivity index (χ0n) is 11.5. The Morgan fingerprint density at radius 2 is 2.25 bits per heavy atom. The number of rotatable bonds is 4. The number of anilines is 1. The van der Waals surface area contributed by atoms with Gasteiger partial charge in [-0.2, -0.15) is 5.10 Å². The van der Waals surface area contributed by atoms with E-state index < -0.39 is 10.9 Å². The van der Waals surface area contributed by atoms with Gasteiger partial charge in [0.15, 0.2) is 0 Å². The molecule has 2 atom stereocenters. The van der Waals surface area contributed by atoms with Crippen LogP contribution in [0.25, 0.3) is 0 Å². The number of nitrogens with zero attached hydrogens (tertiary/aromatic N) is 3. The summed E-state index contributed by atoms with van der Waals surface area (Å²) in [5.74, 6) is -0.828. The molecule has 8 heteroatoms. The Balaban J connectivity index is 2.18. The Hall–Kier alpha value is -2.12. The van der Waals surface area contributed by atoms with E-state index in [1.165, 1.54) is 4.68 Å². The molecule has 2 rings (SSSR count). The molecule has 2 N–H and O–H groups in total. The van der Waals surface area contributed by atoms with Crippen molar-refractivity contribution >= 4 is 17.5 Å². The fourth-order valence-electron chi connectivity index (χ4n) is 2.77. The summed E-state index contributed by atoms with van der Waals surface area (Å²) < 4.78 is 1.44. The maximum atomic E-state index is 11.1. The third-order valence-electron chi connectivity index (χ3n) is 3.74. The summed E-state index contributed by atoms with van der Waals surface area (Å²) in [4.78, 5) is 21.7. The second kappa shape index (κ2) is 5.48. The summed E-state index contributed by atoms with van der Waals surface area (Å²) in [6, 6.07) is -0.0710. The molecule has 8 nitrogen and oxygen atoms in total. The summed E-state index contributed by atoms with van der Waals surface area (Å²) in [7, 11) is 1.64. The molecule has 0 aromatic carbocycles. The molecule has 2 unspecified atom stereocenters. The number of nitro groups is 1. The highest BCUT2D eigenvalue weighted by Crippen LogP contribution is 2.32. The minimum absolute atomic E-state index is 0.0371. The Morgan fingerprint density at radius 1 is 1.55 bits per heavy atom. The number of aryl methyl sites for hydroxylation is 2. The molecule has 0 bridgehead atoms. The van der Waals surface area contributed by atoms with Gasteiger partial charge in [-0.25, -0.2) is 4.68 Å². The fourth-order valence-corrected chi connectivity index (χ4v) is 2.77. The van der Waals surface area contributed by atoms with Gasteiger partial charge in [0.25, 0.3) is 0 Å². The lowest BCUT2D eigenvalue weighted by Crippen LogP contribution is -2.31. The molecule has 1 saturated carbocycles. The molecular formula is C12H18N4O4. The second-order valence-corrected chi connectivity index (χ2v) is 5.21. The van der Waals surface area contributed by atoms with Crippen molar-refractivity contribution in [1.29, 1.82) is 0 Å². The van der Waals surface area contributed by atoms with Crippen LogP contribution in [0.1, 0.15) is 31.4 Å². The molecule has 1 aromatic heterocycles. The first-order valence-electron chi connectivity index (χ1n) is 6.57. The van der Waals surface area contributed by atoms with E-state index in [0.717, 1.165) is 12.8 Å². The highest BCUT2D eigenvalue weighted by molar-refractivity contribution is 5.70. The molecular weight excluding hydrogens is 264 g/mol. The van der Waals surface area contributed by atoms with Gasteiger partial charge in [-0.3, -0.25) is 14.9 Å². The monoisotopic (exact) mass is 282 g/mol. The molecule has 1 fully saturated rings. The van der Waals surface area contributed by atoms with Crippen LogP contribution in [0.4, 0.5) is 11.5 Å². The number of hydrogen-bond acceptors (Lipinski definition) is 5. The van der Waals surface area contributed by atoms with Crippen molar-refractivity contribution in [3.8, 4) is 0 Å². The summed E-state index contributed by atoms with van der Waals surface area (Å²) in [6.07, 6.45) is 2.77. The number of hydrogen-bond donors (Lipinski definition) is 2. The molecule has 0 amide bonds. The van der Waals surface area contributed by atoms with Crippen LogP contribution in [0, 0.1) is 23.0 Å². The Kier molecular flexibility index (Phi) is 3.91. The zero-order valence-corrected chi connectivity index (χ0v) is 11.5. The van der Waals surface area contributed by atoms with E-state index in [9.17, 15) is 14.9 Å². The first kappa shape index (κ1) is 14.3. The van der Waals surface area contributed by atoms with Crippen LogP contribution in [0.15, 0.2) is 0 Å². The van der Waals surface area contributed by atoms with Gasteiger partial charge in [0.1, 0.15) is 5.69 Å². The van der Waals surface area contributed by atoms with Crippen LogP contribution in [-0.4, -0.2) is 31.8 Å². The number of aromatic nitrogens is 2. The molecule has 1 heterocycles. The average Bonchev–Trinajstić information content (AvgIpc) is 2.64. The van der Waals surface area contributed by atoms with Crippen LogP contribution in [0.2, 0.25) is 0 Å². The predicted octanol–water partition coefficient (Wildman–Crippen LogP) is 1.69. The van der Waals surface area contributed by atoms with E-state index in [-0.39, 0.29) is 17.6 Å². The highest BCUT2D eigenvalue weighted by Gasteiger charge is 2.30. The van der Waals surface area contributed by atoms with Crippen molar-refractivity contribution in [1.82, 2.24) is 9.78 Å². The topological polar surface area (TPSA) is 110 Å². The fraction of sp³-hybridized carbons (Fsp3) is 0.667. The Bertz CT molecular complexity index is 540. The average molecular weight is 282 g/mol. The van der Waals surface area contributed by atoms with E-state index in [1.807, 2.05) is 0 Å². The van der Waals surface area contributed by atoms with Gasteiger partial charge in [0, 0.05) is 13.1 Å². The molecule has 0 saturated heterocycles. The van der Waals surface area contributed by atoms with Crippen molar-refractivity contribution in [2.24, 2.45) is 13.0 Å². The Labute approximate surface area is 115 Å². The van der Waals surface area contributed by atoms with Gasteiger partial charge >= 0.3 is 11.7 Å². The van der Waals surface area contributed by atoms with Crippen molar-refractivity contribution in [3.05, 3.63) is 15.8 Å². The summed E-state index contributed by atoms with van der Waals surface area (Å²) >= 11 is 0. The standard InChI is InChI=1S/C12H18N4O4/c1-7-10(16(19)20)11(15(2)14-7)13-9-5-3-4-8(6-9)12(17)18/h8-9,13H,3-6H2,1-2H3,(H,17,18). The maximum Gasteiger partial charge on any atom is 0.333 e. The lowest BCUT2D eigenvalue weighted by atomic mass is 9.86. The molecule has 0 aliphatic heterocycles. The van der Waals surface area contributed by atoms with Gasteiger partial charge in [0.2, 0.25) is 5.82 Å². The predicted molar refractivity (Wildman–Crippen MR) is 71.6 cm³/mol. The molecule has 1 aliphatic carbocycles. The Morgan fingerprint density at radius 3 is 2.85 bits per heavy atom. The van der Waals surface area contributed by atoms with Crippen LogP contribution in [0.5, 0.6) is 0 Å². The lowest BCUT2D eigenvalue weighted by Gasteiger charge is -2.27. The van der Waals surface area contributed by atoms with Gasteiger partial charge in [-0.15, -0.1) is 0 Å². The van der Waals surface area contributed by atoms with Gasteiger partial charge in [-0.05, 0) is 26.2 Å². The quantitative estimate of drug-likeness (QED) is 0.642. The van der Waals surface area contributed by atoms with Crippen LogP contribution >= 0.6 is 0 Å². The first-order chi connectivity index (χ1) is 9.40. The number of carbonyl (C=O) groups is 1. The van der Waals surface area contributed by atoms with E-state index >= 15 is 0 Å². The molecule has 1 aliphatic rings. The van der Waals surface area contributed by atoms with Crippen LogP contribution in [0.3, 0.4) is 0 Å². The number of carboxylic acids is 1.